The molecule has 42 heavy (non-hydrogen) atoms. The molecule has 0 spiro atoms. The normalized spacial score (nSPS) is 11.8. The number of methoxy groups -OCH3 is 1. The van der Waals surface area contributed by atoms with E-state index in [1.807, 2.05) is 32.9 Å². The highest BCUT2D eigenvalue weighted by molar-refractivity contribution is 7.92. The number of nitrogens with zero attached hydrogens (tertiary/aromatic N) is 2. The SMILES string of the molecule is CCCCNC(=O)[C@H](CC)N(Cc1ccc(OC)cc1)C(=O)CN(c1ccc(OCC)cc1)S(=O)(=O)c1ccccc1. The molecule has 0 radical (unpaired) electrons. The first-order chi connectivity index (χ1) is 20.2. The van der Waals surface area contributed by atoms with Crippen molar-refractivity contribution in [3.8, 4) is 11.5 Å². The average molecular weight is 596 g/mol. The van der Waals surface area contributed by atoms with Crippen LogP contribution in [0.1, 0.15) is 45.6 Å². The van der Waals surface area contributed by atoms with Crippen molar-refractivity contribution < 1.29 is 27.5 Å². The van der Waals surface area contributed by atoms with E-state index in [-0.39, 0.29) is 17.3 Å². The van der Waals surface area contributed by atoms with Gasteiger partial charge >= 0.3 is 0 Å². The van der Waals surface area contributed by atoms with Gasteiger partial charge in [0.2, 0.25) is 11.8 Å². The van der Waals surface area contributed by atoms with Crippen molar-refractivity contribution in [3.05, 3.63) is 84.4 Å². The van der Waals surface area contributed by atoms with Crippen LogP contribution in [0, 0.1) is 0 Å². The Bertz CT molecular complexity index is 1380. The van der Waals surface area contributed by atoms with Crippen molar-refractivity contribution in [1.82, 2.24) is 10.2 Å². The van der Waals surface area contributed by atoms with Crippen LogP contribution in [-0.4, -0.2) is 58.0 Å². The first-order valence-electron chi connectivity index (χ1n) is 14.3. The molecule has 0 saturated heterocycles. The highest BCUT2D eigenvalue weighted by Gasteiger charge is 2.33. The molecule has 0 aliphatic rings. The first kappa shape index (κ1) is 32.5. The summed E-state index contributed by atoms with van der Waals surface area (Å²) in [6, 6.07) is 21.0. The topological polar surface area (TPSA) is 105 Å². The number of carbonyl (C=O) groups excluding carboxylic acids is 2. The molecule has 0 aliphatic heterocycles. The van der Waals surface area contributed by atoms with Gasteiger partial charge in [-0.2, -0.15) is 0 Å². The van der Waals surface area contributed by atoms with Gasteiger partial charge in [0.15, 0.2) is 0 Å². The van der Waals surface area contributed by atoms with E-state index < -0.39 is 28.5 Å². The van der Waals surface area contributed by atoms with Gasteiger partial charge in [0.25, 0.3) is 10.0 Å². The number of hydrogen-bond acceptors (Lipinski definition) is 6. The van der Waals surface area contributed by atoms with Gasteiger partial charge in [-0.25, -0.2) is 8.42 Å². The van der Waals surface area contributed by atoms with Crippen molar-refractivity contribution in [1.29, 1.82) is 0 Å². The summed E-state index contributed by atoms with van der Waals surface area (Å²) in [5.41, 5.74) is 1.09. The number of hydrogen-bond donors (Lipinski definition) is 1. The molecule has 1 N–H and O–H groups in total. The zero-order chi connectivity index (χ0) is 30.5. The number of anilines is 1. The molecule has 10 heteroatoms. The number of carbonyl (C=O) groups is 2. The summed E-state index contributed by atoms with van der Waals surface area (Å²) in [6.45, 7) is 6.30. The number of amides is 2. The molecule has 0 aliphatic carbocycles. The van der Waals surface area contributed by atoms with E-state index in [2.05, 4.69) is 5.32 Å². The molecule has 2 amide bonds. The van der Waals surface area contributed by atoms with E-state index in [1.54, 1.807) is 61.7 Å². The summed E-state index contributed by atoms with van der Waals surface area (Å²) in [7, 11) is -2.56. The molecular weight excluding hydrogens is 554 g/mol. The van der Waals surface area contributed by atoms with Gasteiger partial charge in [0.05, 0.1) is 24.3 Å². The molecule has 3 rings (SSSR count). The smallest absolute Gasteiger partial charge is 0.264 e. The highest BCUT2D eigenvalue weighted by atomic mass is 32.2. The van der Waals surface area contributed by atoms with E-state index in [1.165, 1.54) is 17.0 Å². The Balaban J connectivity index is 2.02. The van der Waals surface area contributed by atoms with Crippen LogP contribution < -0.4 is 19.1 Å². The maximum atomic E-state index is 14.1. The van der Waals surface area contributed by atoms with Crippen molar-refractivity contribution in [2.24, 2.45) is 0 Å². The Morgan fingerprint density at radius 2 is 1.52 bits per heavy atom. The van der Waals surface area contributed by atoms with Gasteiger partial charge in [-0.05, 0) is 73.9 Å². The Morgan fingerprint density at radius 1 is 0.881 bits per heavy atom. The van der Waals surface area contributed by atoms with E-state index in [0.717, 1.165) is 22.7 Å². The van der Waals surface area contributed by atoms with E-state index >= 15 is 0 Å². The standard InChI is InChI=1S/C32H41N3O6S/c1-5-8-22-33-32(37)30(6-2)34(23-25-14-18-27(40-4)19-15-25)31(36)24-35(26-16-20-28(21-17-26)41-7-3)42(38,39)29-12-10-9-11-13-29/h9-21,30H,5-8,22-24H2,1-4H3,(H,33,37)/t30-/m0/s1. The third-order valence-corrected chi connectivity index (χ3v) is 8.56. The molecule has 0 bridgehead atoms. The Morgan fingerprint density at radius 3 is 2.10 bits per heavy atom. The number of nitrogens with one attached hydrogen (secondary N) is 1. The molecule has 9 nitrogen and oxygen atoms in total. The first-order valence-corrected chi connectivity index (χ1v) is 15.7. The van der Waals surface area contributed by atoms with Crippen LogP contribution in [0.5, 0.6) is 11.5 Å². The van der Waals surface area contributed by atoms with Gasteiger partial charge in [-0.1, -0.05) is 50.6 Å². The predicted octanol–water partition coefficient (Wildman–Crippen LogP) is 5.01. The largest absolute Gasteiger partial charge is 0.497 e. The molecule has 0 fully saturated rings. The minimum Gasteiger partial charge on any atom is -0.497 e. The molecular formula is C32H41N3O6S. The Labute approximate surface area is 249 Å². The summed E-state index contributed by atoms with van der Waals surface area (Å²) in [6.07, 6.45) is 2.09. The number of ether oxygens (including phenoxy) is 2. The van der Waals surface area contributed by atoms with Gasteiger partial charge < -0.3 is 19.7 Å². The Kier molecular flexibility index (Phi) is 12.2. The molecule has 3 aromatic carbocycles. The number of benzene rings is 3. The summed E-state index contributed by atoms with van der Waals surface area (Å²) in [5, 5.41) is 2.93. The highest BCUT2D eigenvalue weighted by Crippen LogP contribution is 2.27. The van der Waals surface area contributed by atoms with Crippen LogP contribution >= 0.6 is 0 Å². The van der Waals surface area contributed by atoms with Crippen molar-refractivity contribution in [2.75, 3.05) is 31.1 Å². The molecule has 0 heterocycles. The van der Waals surface area contributed by atoms with Gasteiger partial charge in [0.1, 0.15) is 24.1 Å². The number of sulfonamides is 1. The van der Waals surface area contributed by atoms with Crippen LogP contribution in [0.15, 0.2) is 83.8 Å². The van der Waals surface area contributed by atoms with Gasteiger partial charge in [0, 0.05) is 13.1 Å². The zero-order valence-corrected chi connectivity index (χ0v) is 25.6. The van der Waals surface area contributed by atoms with Crippen molar-refractivity contribution in [3.63, 3.8) is 0 Å². The van der Waals surface area contributed by atoms with Crippen LogP contribution in [0.2, 0.25) is 0 Å². The number of rotatable bonds is 16. The van der Waals surface area contributed by atoms with Gasteiger partial charge in [-0.3, -0.25) is 13.9 Å². The predicted molar refractivity (Wildman–Crippen MR) is 164 cm³/mol. The van der Waals surface area contributed by atoms with E-state index in [4.69, 9.17) is 9.47 Å². The number of unbranched alkanes of at least 4 members (excludes halogenated alkanes) is 1. The molecule has 0 unspecified atom stereocenters. The van der Waals surface area contributed by atoms with Crippen molar-refractivity contribution >= 4 is 27.5 Å². The van der Waals surface area contributed by atoms with Gasteiger partial charge in [-0.15, -0.1) is 0 Å². The summed E-state index contributed by atoms with van der Waals surface area (Å²) in [4.78, 5) is 28.9. The molecule has 226 valence electrons. The van der Waals surface area contributed by atoms with Crippen LogP contribution in [-0.2, 0) is 26.2 Å². The third kappa shape index (κ3) is 8.48. The van der Waals surface area contributed by atoms with E-state index in [0.29, 0.717) is 36.8 Å². The minimum absolute atomic E-state index is 0.0535. The van der Waals surface area contributed by atoms with E-state index in [9.17, 15) is 18.0 Å². The Hall–Kier alpha value is -4.05. The second-order valence-corrected chi connectivity index (χ2v) is 11.6. The summed E-state index contributed by atoms with van der Waals surface area (Å²) < 4.78 is 39.7. The quantitative estimate of drug-likeness (QED) is 0.234. The average Bonchev–Trinajstić information content (AvgIpc) is 3.01. The molecule has 0 saturated carbocycles. The summed E-state index contributed by atoms with van der Waals surface area (Å²) >= 11 is 0. The lowest BCUT2D eigenvalue weighted by Gasteiger charge is -2.33. The second kappa shape index (κ2) is 15.8. The maximum absolute atomic E-state index is 14.1. The minimum atomic E-state index is -4.13. The van der Waals surface area contributed by atoms with Crippen LogP contribution in [0.3, 0.4) is 0 Å². The van der Waals surface area contributed by atoms with Crippen LogP contribution in [0.25, 0.3) is 0 Å². The fraction of sp³-hybridized carbons (Fsp3) is 0.375. The van der Waals surface area contributed by atoms with Crippen molar-refractivity contribution in [2.45, 2.75) is 57.5 Å². The summed E-state index contributed by atoms with van der Waals surface area (Å²) in [5.74, 6) is 0.472. The fourth-order valence-electron chi connectivity index (χ4n) is 4.48. The fourth-order valence-corrected chi connectivity index (χ4v) is 5.91. The lowest BCUT2D eigenvalue weighted by molar-refractivity contribution is -0.140. The molecule has 3 aromatic rings. The molecule has 1 atom stereocenters. The molecule has 0 aromatic heterocycles. The third-order valence-electron chi connectivity index (χ3n) is 6.77. The maximum Gasteiger partial charge on any atom is 0.264 e. The lowest BCUT2D eigenvalue weighted by atomic mass is 10.1. The monoisotopic (exact) mass is 595 g/mol. The second-order valence-electron chi connectivity index (χ2n) is 9.69. The zero-order valence-electron chi connectivity index (χ0n) is 24.8. The lowest BCUT2D eigenvalue weighted by Crippen LogP contribution is -2.52. The van der Waals surface area contributed by atoms with Crippen LogP contribution in [0.4, 0.5) is 5.69 Å².